The molecule has 1 aliphatic rings. The van der Waals surface area contributed by atoms with Crippen LogP contribution in [-0.2, 0) is 14.8 Å². The number of ether oxygens (including phenoxy) is 1. The third-order valence-corrected chi connectivity index (χ3v) is 5.99. The maximum atomic E-state index is 13.0. The molecule has 2 amide bonds. The van der Waals surface area contributed by atoms with Gasteiger partial charge in [0.05, 0.1) is 11.4 Å². The van der Waals surface area contributed by atoms with E-state index >= 15 is 0 Å². The smallest absolute Gasteiger partial charge is 0.344 e. The van der Waals surface area contributed by atoms with Crippen LogP contribution in [0.25, 0.3) is 0 Å². The number of halogens is 1. The maximum Gasteiger partial charge on any atom is 0.344 e. The number of sulfonamides is 1. The highest BCUT2D eigenvalue weighted by atomic mass is 35.5. The second kappa shape index (κ2) is 6.75. The van der Waals surface area contributed by atoms with Crippen molar-refractivity contribution in [3.63, 3.8) is 0 Å². The lowest BCUT2D eigenvalue weighted by Gasteiger charge is -2.34. The molecule has 2 aromatic carbocycles. The first-order chi connectivity index (χ1) is 12.6. The molecule has 1 N–H and O–H groups in total. The van der Waals surface area contributed by atoms with Gasteiger partial charge in [-0.2, -0.15) is 4.31 Å². The fraction of sp³-hybridized carbons (Fsp3) is 0.176. The van der Waals surface area contributed by atoms with E-state index in [-0.39, 0.29) is 22.0 Å². The van der Waals surface area contributed by atoms with Gasteiger partial charge >= 0.3 is 12.0 Å². The van der Waals surface area contributed by atoms with Crippen molar-refractivity contribution in [3.8, 4) is 5.75 Å². The van der Waals surface area contributed by atoms with E-state index < -0.39 is 28.1 Å². The molecule has 0 unspecified atom stereocenters. The van der Waals surface area contributed by atoms with Crippen molar-refractivity contribution in [2.24, 2.45) is 0 Å². The number of benzene rings is 2. The standard InChI is InChI=1S/C17H15ClN2O6S/c1-10(16(21)22)26-13-7-8-15-14(9-13)19(2)17(23)20(27(15,24)25)12-5-3-11(18)4-6-12/h3-10H,1-2H3,(H,21,22)/t10-/m1/s1. The van der Waals surface area contributed by atoms with Crippen molar-refractivity contribution in [1.29, 1.82) is 0 Å². The monoisotopic (exact) mass is 410 g/mol. The molecular formula is C17H15ClN2O6S. The Morgan fingerprint density at radius 1 is 1.19 bits per heavy atom. The van der Waals surface area contributed by atoms with E-state index in [4.69, 9.17) is 21.4 Å². The van der Waals surface area contributed by atoms with Gasteiger partial charge in [0.2, 0.25) is 0 Å². The Labute approximate surface area is 160 Å². The highest BCUT2D eigenvalue weighted by Gasteiger charge is 2.41. The minimum absolute atomic E-state index is 0.0975. The minimum atomic E-state index is -4.17. The van der Waals surface area contributed by atoms with Gasteiger partial charge in [0, 0.05) is 18.1 Å². The molecule has 10 heteroatoms. The zero-order valence-corrected chi connectivity index (χ0v) is 15.9. The lowest BCUT2D eigenvalue weighted by molar-refractivity contribution is -0.144. The van der Waals surface area contributed by atoms with Gasteiger partial charge in [-0.1, -0.05) is 11.6 Å². The SMILES string of the molecule is C[C@@H](Oc1ccc2c(c1)N(C)C(=O)N(c1ccc(Cl)cc1)S2(=O)=O)C(=O)O. The molecule has 142 valence electrons. The number of amides is 2. The Morgan fingerprint density at radius 3 is 2.41 bits per heavy atom. The summed E-state index contributed by atoms with van der Waals surface area (Å²) in [7, 11) is -2.75. The van der Waals surface area contributed by atoms with E-state index in [9.17, 15) is 18.0 Å². The van der Waals surface area contributed by atoms with E-state index in [2.05, 4.69) is 0 Å². The van der Waals surface area contributed by atoms with Gasteiger partial charge in [0.25, 0.3) is 10.0 Å². The number of aliphatic carboxylic acids is 1. The Kier molecular flexibility index (Phi) is 4.75. The molecule has 2 aromatic rings. The number of nitrogens with zero attached hydrogens (tertiary/aromatic N) is 2. The van der Waals surface area contributed by atoms with Crippen LogP contribution in [0.1, 0.15) is 6.92 Å². The summed E-state index contributed by atoms with van der Waals surface area (Å²) in [5.74, 6) is -1.03. The first-order valence-corrected chi connectivity index (χ1v) is 9.57. The first-order valence-electron chi connectivity index (χ1n) is 7.75. The molecule has 1 heterocycles. The molecule has 0 saturated heterocycles. The summed E-state index contributed by atoms with van der Waals surface area (Å²) in [6, 6.07) is 9.00. The Hall–Kier alpha value is -2.78. The zero-order chi connectivity index (χ0) is 19.9. The van der Waals surface area contributed by atoms with Crippen LogP contribution in [0.2, 0.25) is 5.02 Å². The summed E-state index contributed by atoms with van der Waals surface area (Å²) in [5, 5.41) is 9.34. The van der Waals surface area contributed by atoms with Crippen LogP contribution >= 0.6 is 11.6 Å². The number of carboxylic acid groups (broad SMARTS) is 1. The number of anilines is 2. The van der Waals surface area contributed by atoms with Crippen molar-refractivity contribution < 1.29 is 27.9 Å². The van der Waals surface area contributed by atoms with Crippen LogP contribution in [0.4, 0.5) is 16.2 Å². The average Bonchev–Trinajstić information content (AvgIpc) is 2.61. The van der Waals surface area contributed by atoms with Crippen molar-refractivity contribution >= 4 is 45.0 Å². The predicted octanol–water partition coefficient (Wildman–Crippen LogP) is 2.96. The highest BCUT2D eigenvalue weighted by Crippen LogP contribution is 2.38. The number of carbonyl (C=O) groups is 2. The topological polar surface area (TPSA) is 104 Å². The molecule has 0 radical (unpaired) electrons. The molecule has 3 rings (SSSR count). The second-order valence-electron chi connectivity index (χ2n) is 5.82. The first kappa shape index (κ1) is 19.0. The summed E-state index contributed by atoms with van der Waals surface area (Å²) in [5.41, 5.74) is 0.252. The minimum Gasteiger partial charge on any atom is -0.479 e. The Bertz CT molecular complexity index is 1020. The number of hydrogen-bond acceptors (Lipinski definition) is 5. The predicted molar refractivity (Wildman–Crippen MR) is 99.1 cm³/mol. The summed E-state index contributed by atoms with van der Waals surface area (Å²) >= 11 is 5.83. The van der Waals surface area contributed by atoms with Crippen LogP contribution in [0.5, 0.6) is 5.75 Å². The van der Waals surface area contributed by atoms with Crippen LogP contribution in [-0.4, -0.2) is 38.7 Å². The fourth-order valence-corrected chi connectivity index (χ4v) is 4.32. The summed E-state index contributed by atoms with van der Waals surface area (Å²) in [4.78, 5) is 24.7. The van der Waals surface area contributed by atoms with Crippen molar-refractivity contribution in [2.75, 3.05) is 16.3 Å². The van der Waals surface area contributed by atoms with Gasteiger partial charge in [-0.15, -0.1) is 0 Å². The molecule has 0 fully saturated rings. The van der Waals surface area contributed by atoms with E-state index in [1.165, 1.54) is 56.4 Å². The van der Waals surface area contributed by atoms with E-state index in [1.54, 1.807) is 0 Å². The van der Waals surface area contributed by atoms with Crippen LogP contribution < -0.4 is 13.9 Å². The number of hydrogen-bond donors (Lipinski definition) is 1. The summed E-state index contributed by atoms with van der Waals surface area (Å²) in [6.45, 7) is 1.34. The number of rotatable bonds is 4. The maximum absolute atomic E-state index is 13.0. The van der Waals surface area contributed by atoms with E-state index in [0.717, 1.165) is 4.90 Å². The average molecular weight is 411 g/mol. The van der Waals surface area contributed by atoms with Gasteiger partial charge in [-0.05, 0) is 43.3 Å². The summed E-state index contributed by atoms with van der Waals surface area (Å²) < 4.78 is 31.9. The summed E-state index contributed by atoms with van der Waals surface area (Å²) in [6.07, 6.45) is -1.13. The van der Waals surface area contributed by atoms with Crippen molar-refractivity contribution in [3.05, 3.63) is 47.5 Å². The third-order valence-electron chi connectivity index (χ3n) is 3.99. The van der Waals surface area contributed by atoms with Gasteiger partial charge in [-0.25, -0.2) is 18.0 Å². The van der Waals surface area contributed by atoms with Gasteiger partial charge in [0.1, 0.15) is 10.6 Å². The van der Waals surface area contributed by atoms with Crippen LogP contribution in [0.3, 0.4) is 0 Å². The van der Waals surface area contributed by atoms with Crippen LogP contribution in [0.15, 0.2) is 47.4 Å². The fourth-order valence-electron chi connectivity index (χ4n) is 2.57. The Balaban J connectivity index is 2.08. The molecule has 27 heavy (non-hydrogen) atoms. The normalized spacial score (nSPS) is 16.6. The van der Waals surface area contributed by atoms with Gasteiger partial charge < -0.3 is 9.84 Å². The lowest BCUT2D eigenvalue weighted by Crippen LogP contribution is -2.49. The zero-order valence-electron chi connectivity index (χ0n) is 14.3. The number of carboxylic acids is 1. The molecule has 1 atom stereocenters. The molecule has 0 spiro atoms. The molecule has 0 aliphatic carbocycles. The largest absolute Gasteiger partial charge is 0.479 e. The number of urea groups is 1. The lowest BCUT2D eigenvalue weighted by atomic mass is 10.2. The molecule has 0 bridgehead atoms. The second-order valence-corrected chi connectivity index (χ2v) is 8.01. The number of carbonyl (C=O) groups excluding carboxylic acids is 1. The quantitative estimate of drug-likeness (QED) is 0.830. The molecular weight excluding hydrogens is 396 g/mol. The third kappa shape index (κ3) is 3.31. The molecule has 1 aliphatic heterocycles. The van der Waals surface area contributed by atoms with Crippen molar-refractivity contribution in [1.82, 2.24) is 0 Å². The van der Waals surface area contributed by atoms with Gasteiger partial charge in [0.15, 0.2) is 6.10 Å². The molecule has 0 saturated carbocycles. The van der Waals surface area contributed by atoms with Crippen molar-refractivity contribution in [2.45, 2.75) is 17.9 Å². The Morgan fingerprint density at radius 2 is 1.81 bits per heavy atom. The van der Waals surface area contributed by atoms with E-state index in [0.29, 0.717) is 9.33 Å². The van der Waals surface area contributed by atoms with Crippen LogP contribution in [0, 0.1) is 0 Å². The highest BCUT2D eigenvalue weighted by molar-refractivity contribution is 7.94. The number of fused-ring (bicyclic) bond motifs is 1. The van der Waals surface area contributed by atoms with Gasteiger partial charge in [-0.3, -0.25) is 4.90 Å². The molecule has 8 nitrogen and oxygen atoms in total. The molecule has 0 aromatic heterocycles. The van der Waals surface area contributed by atoms with E-state index in [1.807, 2.05) is 0 Å².